The molecule has 96 valence electrons. The zero-order chi connectivity index (χ0) is 13.8. The van der Waals surface area contributed by atoms with Crippen molar-refractivity contribution in [2.24, 2.45) is 0 Å². The highest BCUT2D eigenvalue weighted by molar-refractivity contribution is 9.10. The molecule has 0 aliphatic heterocycles. The maximum atomic E-state index is 8.82. The van der Waals surface area contributed by atoms with Crippen LogP contribution in [0.4, 0.5) is 5.82 Å². The van der Waals surface area contributed by atoms with Gasteiger partial charge >= 0.3 is 6.01 Å². The molecule has 1 aromatic carbocycles. The van der Waals surface area contributed by atoms with E-state index in [-0.39, 0.29) is 11.8 Å². The van der Waals surface area contributed by atoms with Crippen LogP contribution in [0.3, 0.4) is 0 Å². The molecule has 19 heavy (non-hydrogen) atoms. The topological polar surface area (TPSA) is 94.0 Å². The first-order chi connectivity index (χ1) is 9.12. The van der Waals surface area contributed by atoms with E-state index in [4.69, 9.17) is 20.5 Å². The fourth-order valence-corrected chi connectivity index (χ4v) is 1.77. The van der Waals surface area contributed by atoms with Crippen molar-refractivity contribution in [2.45, 2.75) is 0 Å². The number of nitriles is 1. The van der Waals surface area contributed by atoms with E-state index in [1.165, 1.54) is 7.11 Å². The van der Waals surface area contributed by atoms with E-state index in [1.54, 1.807) is 24.3 Å². The number of halogens is 1. The van der Waals surface area contributed by atoms with Crippen molar-refractivity contribution in [3.05, 3.63) is 34.4 Å². The van der Waals surface area contributed by atoms with Gasteiger partial charge in [0.15, 0.2) is 11.5 Å². The van der Waals surface area contributed by atoms with E-state index < -0.39 is 0 Å². The third kappa shape index (κ3) is 3.11. The average Bonchev–Trinajstić information content (AvgIpc) is 2.38. The second-order valence-corrected chi connectivity index (χ2v) is 4.29. The van der Waals surface area contributed by atoms with Gasteiger partial charge in [0.25, 0.3) is 0 Å². The molecule has 1 heterocycles. The maximum Gasteiger partial charge on any atom is 0.325 e. The molecule has 0 saturated heterocycles. The first kappa shape index (κ1) is 13.1. The lowest BCUT2D eigenvalue weighted by atomic mass is 10.2. The van der Waals surface area contributed by atoms with Crippen LogP contribution in [0, 0.1) is 11.3 Å². The lowest BCUT2D eigenvalue weighted by Gasteiger charge is -2.09. The SMILES string of the molecule is COc1cc(C#N)ccc1Oc1nc(N)cc(Br)n1. The summed E-state index contributed by atoms with van der Waals surface area (Å²) in [6, 6.07) is 8.45. The second kappa shape index (κ2) is 5.54. The number of benzene rings is 1. The number of nitrogens with two attached hydrogens (primary N) is 1. The summed E-state index contributed by atoms with van der Waals surface area (Å²) in [5, 5.41) is 8.82. The Morgan fingerprint density at radius 3 is 2.68 bits per heavy atom. The number of nitrogens with zero attached hydrogens (tertiary/aromatic N) is 3. The van der Waals surface area contributed by atoms with E-state index in [1.807, 2.05) is 6.07 Å². The molecule has 0 atom stereocenters. The minimum atomic E-state index is 0.0925. The van der Waals surface area contributed by atoms with E-state index in [0.29, 0.717) is 21.7 Å². The zero-order valence-electron chi connectivity index (χ0n) is 9.92. The molecular formula is C12H9BrN4O2. The Morgan fingerprint density at radius 2 is 2.05 bits per heavy atom. The summed E-state index contributed by atoms with van der Waals surface area (Å²) in [6.45, 7) is 0. The van der Waals surface area contributed by atoms with Gasteiger partial charge in [0.2, 0.25) is 0 Å². The molecule has 7 heteroatoms. The summed E-state index contributed by atoms with van der Waals surface area (Å²) < 4.78 is 11.2. The molecule has 0 unspecified atom stereocenters. The molecule has 0 amide bonds. The third-order valence-electron chi connectivity index (χ3n) is 2.19. The normalized spacial score (nSPS) is 9.74. The molecule has 0 fully saturated rings. The van der Waals surface area contributed by atoms with E-state index in [0.717, 1.165) is 0 Å². The van der Waals surface area contributed by atoms with Crippen LogP contribution in [-0.4, -0.2) is 17.1 Å². The van der Waals surface area contributed by atoms with Crippen LogP contribution in [0.5, 0.6) is 17.5 Å². The number of rotatable bonds is 3. The number of nitrogen functional groups attached to an aromatic ring is 1. The van der Waals surface area contributed by atoms with E-state index >= 15 is 0 Å². The zero-order valence-corrected chi connectivity index (χ0v) is 11.5. The number of hydrogen-bond donors (Lipinski definition) is 1. The molecular weight excluding hydrogens is 312 g/mol. The molecule has 2 rings (SSSR count). The fourth-order valence-electron chi connectivity index (χ4n) is 1.38. The summed E-state index contributed by atoms with van der Waals surface area (Å²) in [4.78, 5) is 7.97. The highest BCUT2D eigenvalue weighted by Crippen LogP contribution is 2.31. The molecule has 0 saturated carbocycles. The Balaban J connectivity index is 2.35. The predicted molar refractivity (Wildman–Crippen MR) is 71.9 cm³/mol. The largest absolute Gasteiger partial charge is 0.493 e. The van der Waals surface area contributed by atoms with Crippen molar-refractivity contribution in [1.29, 1.82) is 5.26 Å². The Bertz CT molecular complexity index is 634. The van der Waals surface area contributed by atoms with Crippen LogP contribution in [0.15, 0.2) is 28.9 Å². The molecule has 0 aliphatic carbocycles. The van der Waals surface area contributed by atoms with E-state index in [2.05, 4.69) is 25.9 Å². The van der Waals surface area contributed by atoms with Crippen LogP contribution < -0.4 is 15.2 Å². The van der Waals surface area contributed by atoms with Crippen molar-refractivity contribution >= 4 is 21.7 Å². The fraction of sp³-hybridized carbons (Fsp3) is 0.0833. The first-order valence-electron chi connectivity index (χ1n) is 5.18. The van der Waals surface area contributed by atoms with Crippen LogP contribution >= 0.6 is 15.9 Å². The Morgan fingerprint density at radius 1 is 1.26 bits per heavy atom. The summed E-state index contributed by atoms with van der Waals surface area (Å²) >= 11 is 3.20. The van der Waals surface area contributed by atoms with Gasteiger partial charge in [-0.2, -0.15) is 15.2 Å². The monoisotopic (exact) mass is 320 g/mol. The second-order valence-electron chi connectivity index (χ2n) is 3.48. The molecule has 1 aromatic heterocycles. The Kier molecular flexibility index (Phi) is 3.82. The summed E-state index contributed by atoms with van der Waals surface area (Å²) in [7, 11) is 1.49. The van der Waals surface area contributed by atoms with Crippen LogP contribution in [0.1, 0.15) is 5.56 Å². The summed E-state index contributed by atoms with van der Waals surface area (Å²) in [5.74, 6) is 1.10. The number of methoxy groups -OCH3 is 1. The minimum absolute atomic E-state index is 0.0925. The van der Waals surface area contributed by atoms with Gasteiger partial charge in [0.1, 0.15) is 10.4 Å². The maximum absolute atomic E-state index is 8.82. The van der Waals surface area contributed by atoms with Crippen LogP contribution in [0.2, 0.25) is 0 Å². The molecule has 6 nitrogen and oxygen atoms in total. The van der Waals surface area contributed by atoms with Gasteiger partial charge in [-0.1, -0.05) is 0 Å². The average molecular weight is 321 g/mol. The number of anilines is 1. The van der Waals surface area contributed by atoms with Crippen molar-refractivity contribution in [2.75, 3.05) is 12.8 Å². The van der Waals surface area contributed by atoms with Crippen molar-refractivity contribution in [1.82, 2.24) is 9.97 Å². The predicted octanol–water partition coefficient (Wildman–Crippen LogP) is 2.49. The highest BCUT2D eigenvalue weighted by atomic mass is 79.9. The van der Waals surface area contributed by atoms with Gasteiger partial charge in [0.05, 0.1) is 18.7 Å². The molecule has 0 radical (unpaired) electrons. The van der Waals surface area contributed by atoms with Crippen molar-refractivity contribution in [3.8, 4) is 23.6 Å². The van der Waals surface area contributed by atoms with Crippen LogP contribution in [0.25, 0.3) is 0 Å². The van der Waals surface area contributed by atoms with Gasteiger partial charge in [-0.05, 0) is 28.1 Å². The quantitative estimate of drug-likeness (QED) is 0.873. The molecule has 0 aliphatic rings. The Hall–Kier alpha value is -2.33. The van der Waals surface area contributed by atoms with Gasteiger partial charge in [-0.3, -0.25) is 0 Å². The first-order valence-corrected chi connectivity index (χ1v) is 5.97. The van der Waals surface area contributed by atoms with Gasteiger partial charge in [0, 0.05) is 12.1 Å². The molecule has 2 N–H and O–H groups in total. The smallest absolute Gasteiger partial charge is 0.325 e. The molecule has 0 spiro atoms. The number of ether oxygens (including phenoxy) is 2. The highest BCUT2D eigenvalue weighted by Gasteiger charge is 2.09. The molecule has 0 bridgehead atoms. The van der Waals surface area contributed by atoms with Gasteiger partial charge < -0.3 is 15.2 Å². The minimum Gasteiger partial charge on any atom is -0.493 e. The third-order valence-corrected chi connectivity index (χ3v) is 2.59. The summed E-state index contributed by atoms with van der Waals surface area (Å²) in [6.07, 6.45) is 0. The Labute approximate surface area is 117 Å². The van der Waals surface area contributed by atoms with Crippen molar-refractivity contribution < 1.29 is 9.47 Å². The van der Waals surface area contributed by atoms with Gasteiger partial charge in [-0.25, -0.2) is 0 Å². The molecule has 2 aromatic rings. The lowest BCUT2D eigenvalue weighted by Crippen LogP contribution is -1.98. The number of hydrogen-bond acceptors (Lipinski definition) is 6. The lowest BCUT2D eigenvalue weighted by molar-refractivity contribution is 0.368. The van der Waals surface area contributed by atoms with Crippen molar-refractivity contribution in [3.63, 3.8) is 0 Å². The standard InChI is InChI=1S/C12H9BrN4O2/c1-18-9-4-7(6-14)2-3-8(9)19-12-16-10(13)5-11(15)17-12/h2-5H,1H3,(H2,15,16,17). The number of aromatic nitrogens is 2. The summed E-state index contributed by atoms with van der Waals surface area (Å²) in [5.41, 5.74) is 6.07. The van der Waals surface area contributed by atoms with Gasteiger partial charge in [-0.15, -0.1) is 0 Å². The van der Waals surface area contributed by atoms with E-state index in [9.17, 15) is 0 Å². The van der Waals surface area contributed by atoms with Crippen LogP contribution in [-0.2, 0) is 0 Å².